The first-order valence-corrected chi connectivity index (χ1v) is 7.74. The molecule has 0 aliphatic carbocycles. The number of hydrogen-bond acceptors (Lipinski definition) is 0. The van der Waals surface area contributed by atoms with Crippen LogP contribution in [0.2, 0.25) is 0 Å². The van der Waals surface area contributed by atoms with E-state index in [0.29, 0.717) is 0 Å². The smallest absolute Gasteiger partial charge is 0.316 e. The molecule has 0 spiro atoms. The van der Waals surface area contributed by atoms with Gasteiger partial charge in [-0.3, -0.25) is 0 Å². The van der Waals surface area contributed by atoms with Crippen molar-refractivity contribution in [3.8, 4) is 0 Å². The molecule has 21 heavy (non-hydrogen) atoms. The van der Waals surface area contributed by atoms with Crippen molar-refractivity contribution in [2.24, 2.45) is 0 Å². The minimum absolute atomic E-state index is 0. The Morgan fingerprint density at radius 3 is 0.905 bits per heavy atom. The summed E-state index contributed by atoms with van der Waals surface area (Å²) in [5.41, 5.74) is 0. The van der Waals surface area contributed by atoms with Gasteiger partial charge in [0.1, 0.15) is 0 Å². The van der Waals surface area contributed by atoms with Crippen molar-refractivity contribution in [2.45, 2.75) is 0 Å². The van der Waals surface area contributed by atoms with E-state index in [1.54, 1.807) is 0 Å². The zero-order chi connectivity index (χ0) is 12.9. The lowest BCUT2D eigenvalue weighted by atomic mass is 10.4. The Hall–Kier alpha value is -1.18. The van der Waals surface area contributed by atoms with Crippen LogP contribution in [0, 0.1) is 0 Å². The average Bonchev–Trinajstić information content (AvgIpc) is 2.51. The average molecular weight is 307 g/mol. The quantitative estimate of drug-likeness (QED) is 0.521. The highest BCUT2D eigenvalue weighted by Gasteiger charge is 2.14. The maximum atomic E-state index is 2.23. The molecule has 0 atom stereocenters. The number of benzene rings is 3. The van der Waals surface area contributed by atoms with Crippen LogP contribution in [0.3, 0.4) is 0 Å². The molecule has 0 aromatic heterocycles. The summed E-state index contributed by atoms with van der Waals surface area (Å²) in [6.07, 6.45) is 0. The van der Waals surface area contributed by atoms with Crippen LogP contribution in [0.5, 0.6) is 0 Å². The van der Waals surface area contributed by atoms with Gasteiger partial charge in [0, 0.05) is 0 Å². The maximum absolute atomic E-state index is 2.23. The van der Waals surface area contributed by atoms with E-state index in [0.717, 1.165) is 0 Å². The molecule has 0 aliphatic heterocycles. The molecule has 0 saturated heterocycles. The van der Waals surface area contributed by atoms with Crippen molar-refractivity contribution in [3.63, 3.8) is 0 Å². The molecule has 0 heterocycles. The van der Waals surface area contributed by atoms with E-state index < -0.39 is 7.92 Å². The van der Waals surface area contributed by atoms with E-state index in [1.807, 2.05) is 0 Å². The van der Waals surface area contributed by atoms with Crippen LogP contribution in [-0.4, -0.2) is 28.5 Å². The van der Waals surface area contributed by atoms with E-state index in [1.165, 1.54) is 15.9 Å². The highest BCUT2D eigenvalue weighted by Crippen LogP contribution is 2.32. The first-order valence-electron chi connectivity index (χ1n) is 6.40. The van der Waals surface area contributed by atoms with Gasteiger partial charge in [-0.05, 0) is 23.8 Å². The Morgan fingerprint density at radius 1 is 0.429 bits per heavy atom. The minimum atomic E-state index is -0.446. The summed E-state index contributed by atoms with van der Waals surface area (Å²) >= 11 is 0. The van der Waals surface area contributed by atoms with Crippen molar-refractivity contribution in [1.29, 1.82) is 0 Å². The van der Waals surface area contributed by atoms with Gasteiger partial charge in [-0.1, -0.05) is 91.0 Å². The van der Waals surface area contributed by atoms with E-state index in [4.69, 9.17) is 0 Å². The second kappa shape index (κ2) is 8.96. The van der Waals surface area contributed by atoms with Crippen molar-refractivity contribution in [2.75, 3.05) is 0 Å². The lowest BCUT2D eigenvalue weighted by molar-refractivity contribution is 0.824. The zero-order valence-corrected chi connectivity index (χ0v) is 12.0. The van der Waals surface area contributed by atoms with Gasteiger partial charge in [-0.15, -0.1) is 0 Å². The first kappa shape index (κ1) is 17.9. The maximum Gasteiger partial charge on any atom is 0.316 e. The molecular formula is C18H19MgOP. The molecular weight excluding hydrogens is 287 g/mol. The van der Waals surface area contributed by atoms with Gasteiger partial charge < -0.3 is 5.48 Å². The highest BCUT2D eigenvalue weighted by atomic mass is 31.1. The lowest BCUT2D eigenvalue weighted by Gasteiger charge is -2.18. The predicted octanol–water partition coefficient (Wildman–Crippen LogP) is 1.70. The van der Waals surface area contributed by atoms with Gasteiger partial charge in [0.25, 0.3) is 0 Å². The molecule has 1 nitrogen and oxygen atoms in total. The van der Waals surface area contributed by atoms with Gasteiger partial charge >= 0.3 is 23.1 Å². The molecule has 0 amide bonds. The third-order valence-corrected chi connectivity index (χ3v) is 5.49. The van der Waals surface area contributed by atoms with E-state index >= 15 is 0 Å². The molecule has 3 heteroatoms. The van der Waals surface area contributed by atoms with Crippen LogP contribution in [-0.2, 0) is 0 Å². The van der Waals surface area contributed by atoms with Crippen LogP contribution < -0.4 is 15.9 Å². The van der Waals surface area contributed by atoms with E-state index in [2.05, 4.69) is 91.0 Å². The third kappa shape index (κ3) is 4.39. The van der Waals surface area contributed by atoms with Crippen LogP contribution in [0.1, 0.15) is 0 Å². The van der Waals surface area contributed by atoms with Crippen LogP contribution in [0.4, 0.5) is 0 Å². The molecule has 104 valence electrons. The summed E-state index contributed by atoms with van der Waals surface area (Å²) in [6, 6.07) is 32.3. The fourth-order valence-electron chi connectivity index (χ4n) is 2.18. The van der Waals surface area contributed by atoms with Crippen molar-refractivity contribution in [1.82, 2.24) is 0 Å². The molecule has 0 radical (unpaired) electrons. The number of hydrogen-bond donors (Lipinski definition) is 0. The van der Waals surface area contributed by atoms with Gasteiger partial charge in [0.05, 0.1) is 0 Å². The van der Waals surface area contributed by atoms with Crippen molar-refractivity contribution >= 4 is 46.9 Å². The van der Waals surface area contributed by atoms with Crippen molar-refractivity contribution in [3.05, 3.63) is 91.0 Å². The molecule has 0 aliphatic rings. The standard InChI is InChI=1S/C18H15P.Mg.H2O.2H/c1-4-10-16(11-5-1)19(17-12-6-2-7-13-17)18-14-8-3-9-15-18;;;;/h1-15H;;1H2;;. The number of rotatable bonds is 3. The molecule has 0 unspecified atom stereocenters. The fourth-order valence-corrected chi connectivity index (χ4v) is 4.48. The Kier molecular flexibility index (Phi) is 7.62. The fraction of sp³-hybridized carbons (Fsp3) is 0. The Balaban J connectivity index is 0.00000110. The van der Waals surface area contributed by atoms with E-state index in [9.17, 15) is 0 Å². The second-order valence-electron chi connectivity index (χ2n) is 4.34. The largest absolute Gasteiger partial charge is 0.412 e. The molecule has 2 N–H and O–H groups in total. The SMILES string of the molecule is O.[MgH2].c1ccc(P(c2ccccc2)c2ccccc2)cc1. The topological polar surface area (TPSA) is 31.5 Å². The molecule has 3 aromatic carbocycles. The second-order valence-corrected chi connectivity index (χ2v) is 6.56. The lowest BCUT2D eigenvalue weighted by Crippen LogP contribution is -2.20. The Labute approximate surface area is 143 Å². The van der Waals surface area contributed by atoms with Gasteiger partial charge in [0.15, 0.2) is 0 Å². The van der Waals surface area contributed by atoms with Crippen LogP contribution >= 0.6 is 7.92 Å². The molecule has 3 aromatic rings. The summed E-state index contributed by atoms with van der Waals surface area (Å²) < 4.78 is 0. The minimum Gasteiger partial charge on any atom is -0.412 e. The summed E-state index contributed by atoms with van der Waals surface area (Å²) in [5.74, 6) is 0. The summed E-state index contributed by atoms with van der Waals surface area (Å²) in [6.45, 7) is 0. The van der Waals surface area contributed by atoms with Crippen LogP contribution in [0.15, 0.2) is 91.0 Å². The van der Waals surface area contributed by atoms with Gasteiger partial charge in [-0.25, -0.2) is 0 Å². The zero-order valence-electron chi connectivity index (χ0n) is 11.1. The third-order valence-electron chi connectivity index (χ3n) is 3.04. The molecule has 0 saturated carbocycles. The van der Waals surface area contributed by atoms with E-state index in [-0.39, 0.29) is 28.5 Å². The highest BCUT2D eigenvalue weighted by molar-refractivity contribution is 7.79. The first-order chi connectivity index (χ1) is 9.45. The summed E-state index contributed by atoms with van der Waals surface area (Å²) in [4.78, 5) is 0. The van der Waals surface area contributed by atoms with Crippen molar-refractivity contribution < 1.29 is 5.48 Å². The predicted molar refractivity (Wildman–Crippen MR) is 97.3 cm³/mol. The summed E-state index contributed by atoms with van der Waals surface area (Å²) in [5, 5.41) is 4.19. The summed E-state index contributed by atoms with van der Waals surface area (Å²) in [7, 11) is -0.446. The molecule has 3 rings (SSSR count). The molecule has 0 fully saturated rings. The monoisotopic (exact) mass is 306 g/mol. The normalized spacial score (nSPS) is 9.57. The Bertz CT molecular complexity index is 535. The van der Waals surface area contributed by atoms with Crippen LogP contribution in [0.25, 0.3) is 0 Å². The van der Waals surface area contributed by atoms with Gasteiger partial charge in [0.2, 0.25) is 0 Å². The Morgan fingerprint density at radius 2 is 0.667 bits per heavy atom. The van der Waals surface area contributed by atoms with Gasteiger partial charge in [-0.2, -0.15) is 0 Å². The molecule has 0 bridgehead atoms.